The van der Waals surface area contributed by atoms with Gasteiger partial charge in [0.05, 0.1) is 5.69 Å². The quantitative estimate of drug-likeness (QED) is 0.430. The van der Waals surface area contributed by atoms with E-state index >= 15 is 0 Å². The van der Waals surface area contributed by atoms with E-state index < -0.39 is 5.66 Å². The van der Waals surface area contributed by atoms with Gasteiger partial charge >= 0.3 is 0 Å². The van der Waals surface area contributed by atoms with Gasteiger partial charge in [-0.25, -0.2) is 4.98 Å². The lowest BCUT2D eigenvalue weighted by Crippen LogP contribution is -2.49. The molecule has 9 heteroatoms. The molecular formula is C19H19N7O2. The van der Waals surface area contributed by atoms with Gasteiger partial charge in [0.1, 0.15) is 17.0 Å². The first-order valence-corrected chi connectivity index (χ1v) is 9.66. The Morgan fingerprint density at radius 3 is 2.75 bits per heavy atom. The summed E-state index contributed by atoms with van der Waals surface area (Å²) in [4.78, 5) is 30.8. The number of fused-ring (bicyclic) bond motifs is 6. The van der Waals surface area contributed by atoms with E-state index in [0.717, 1.165) is 54.5 Å². The Hall–Kier alpha value is -3.23. The zero-order valence-electron chi connectivity index (χ0n) is 15.4. The van der Waals surface area contributed by atoms with Gasteiger partial charge in [-0.1, -0.05) is 6.42 Å². The van der Waals surface area contributed by atoms with E-state index in [1.54, 1.807) is 10.8 Å². The number of nitrogens with zero attached hydrogens (tertiary/aromatic N) is 4. The number of carbonyl (C=O) groups excluding carboxylic acids is 1. The average molecular weight is 377 g/mol. The summed E-state index contributed by atoms with van der Waals surface area (Å²) in [5, 5.41) is 17.3. The second kappa shape index (κ2) is 5.18. The summed E-state index contributed by atoms with van der Waals surface area (Å²) in [6.45, 7) is 1.93. The standard InChI is InChI=1S/C19H19N7O2/c1-9-11-7-10-8-20-16-14(23-25-24-16)12(10)21-13(11)18(28)26-15(9)17(27)22-19(26)5-3-2-4-6-19/h8,21H,2-7H2,1H3,(H,22,27)(H,20,23,24,25). The first-order chi connectivity index (χ1) is 13.6. The topological polar surface area (TPSA) is 118 Å². The van der Waals surface area contributed by atoms with E-state index in [1.165, 1.54) is 0 Å². The number of hydrogen-bond acceptors (Lipinski definition) is 6. The number of H-pyrrole nitrogens is 1. The molecule has 3 aromatic rings. The van der Waals surface area contributed by atoms with Crippen LogP contribution < -0.4 is 16.2 Å². The molecule has 1 aliphatic carbocycles. The SMILES string of the molecule is Cc1c2c(c(=O)n3c1C(=O)NC31CCCCC1)Nc1c(cnc3n[nH]nc13)C2. The predicted octanol–water partition coefficient (Wildman–Crippen LogP) is 1.83. The fourth-order valence-electron chi connectivity index (χ4n) is 5.11. The molecule has 2 aliphatic heterocycles. The van der Waals surface area contributed by atoms with Crippen LogP contribution in [0.5, 0.6) is 0 Å². The molecule has 3 aliphatic rings. The molecule has 3 N–H and O–H groups in total. The highest BCUT2D eigenvalue weighted by molar-refractivity contribution is 5.98. The molecule has 0 aromatic carbocycles. The van der Waals surface area contributed by atoms with Gasteiger partial charge in [0.15, 0.2) is 5.52 Å². The molecular weight excluding hydrogens is 358 g/mol. The lowest BCUT2D eigenvalue weighted by molar-refractivity contribution is 0.0876. The molecule has 0 atom stereocenters. The van der Waals surface area contributed by atoms with Crippen LogP contribution in [0, 0.1) is 6.92 Å². The number of pyridine rings is 2. The van der Waals surface area contributed by atoms with Crippen LogP contribution in [0.15, 0.2) is 11.0 Å². The zero-order chi connectivity index (χ0) is 19.0. The van der Waals surface area contributed by atoms with Gasteiger partial charge in [-0.05, 0) is 43.7 Å². The second-order valence-electron chi connectivity index (χ2n) is 7.97. The maximum absolute atomic E-state index is 13.6. The second-order valence-corrected chi connectivity index (χ2v) is 7.97. The molecule has 142 valence electrons. The number of nitrogens with one attached hydrogen (secondary N) is 3. The Balaban J connectivity index is 1.61. The van der Waals surface area contributed by atoms with Crippen molar-refractivity contribution in [3.05, 3.63) is 38.9 Å². The van der Waals surface area contributed by atoms with Gasteiger partial charge in [-0.2, -0.15) is 10.3 Å². The van der Waals surface area contributed by atoms with Gasteiger partial charge in [0.25, 0.3) is 11.5 Å². The minimum Gasteiger partial charge on any atom is -0.349 e. The average Bonchev–Trinajstić information content (AvgIpc) is 3.28. The van der Waals surface area contributed by atoms with Crippen molar-refractivity contribution in [3.8, 4) is 0 Å². The fourth-order valence-corrected chi connectivity index (χ4v) is 5.11. The number of aromatic nitrogens is 5. The van der Waals surface area contributed by atoms with E-state index in [4.69, 9.17) is 0 Å². The molecule has 1 fully saturated rings. The van der Waals surface area contributed by atoms with E-state index in [2.05, 4.69) is 31.0 Å². The molecule has 0 unspecified atom stereocenters. The number of amides is 1. The summed E-state index contributed by atoms with van der Waals surface area (Å²) < 4.78 is 1.72. The van der Waals surface area contributed by atoms with Gasteiger partial charge in [-0.3, -0.25) is 14.2 Å². The number of anilines is 2. The van der Waals surface area contributed by atoms with Gasteiger partial charge < -0.3 is 10.6 Å². The van der Waals surface area contributed by atoms with Crippen molar-refractivity contribution in [2.24, 2.45) is 0 Å². The highest BCUT2D eigenvalue weighted by Gasteiger charge is 2.46. The maximum Gasteiger partial charge on any atom is 0.277 e. The fraction of sp³-hybridized carbons (Fsp3) is 0.421. The van der Waals surface area contributed by atoms with Crippen molar-refractivity contribution >= 4 is 28.4 Å². The molecule has 0 saturated heterocycles. The Morgan fingerprint density at radius 1 is 1.11 bits per heavy atom. The summed E-state index contributed by atoms with van der Waals surface area (Å²) in [5.74, 6) is -0.143. The number of aromatic amines is 1. The summed E-state index contributed by atoms with van der Waals surface area (Å²) in [6.07, 6.45) is 7.00. The lowest BCUT2D eigenvalue weighted by atomic mass is 9.88. The molecule has 9 nitrogen and oxygen atoms in total. The van der Waals surface area contributed by atoms with E-state index in [9.17, 15) is 9.59 Å². The van der Waals surface area contributed by atoms with Crippen molar-refractivity contribution in [2.45, 2.75) is 51.1 Å². The van der Waals surface area contributed by atoms with Crippen molar-refractivity contribution < 1.29 is 4.79 Å². The Bertz CT molecular complexity index is 1230. The predicted molar refractivity (Wildman–Crippen MR) is 102 cm³/mol. The van der Waals surface area contributed by atoms with Crippen LogP contribution in [0.25, 0.3) is 11.2 Å². The molecule has 1 saturated carbocycles. The third-order valence-electron chi connectivity index (χ3n) is 6.47. The molecule has 6 rings (SSSR count). The monoisotopic (exact) mass is 377 g/mol. The van der Waals surface area contributed by atoms with Crippen LogP contribution in [0.1, 0.15) is 59.3 Å². The van der Waals surface area contributed by atoms with Crippen LogP contribution >= 0.6 is 0 Å². The van der Waals surface area contributed by atoms with E-state index in [-0.39, 0.29) is 11.5 Å². The van der Waals surface area contributed by atoms with Crippen LogP contribution in [0.3, 0.4) is 0 Å². The molecule has 5 heterocycles. The normalized spacial score (nSPS) is 19.1. The highest BCUT2D eigenvalue weighted by Crippen LogP contribution is 2.41. The van der Waals surface area contributed by atoms with Gasteiger partial charge in [-0.15, -0.1) is 5.10 Å². The van der Waals surface area contributed by atoms with Crippen LogP contribution in [0.2, 0.25) is 0 Å². The summed E-state index contributed by atoms with van der Waals surface area (Å²) in [5.41, 5.74) is 4.84. The van der Waals surface area contributed by atoms with E-state index in [1.807, 2.05) is 6.92 Å². The Kier molecular flexibility index (Phi) is 2.92. The number of carbonyl (C=O) groups is 1. The molecule has 1 amide bonds. The van der Waals surface area contributed by atoms with Crippen LogP contribution in [-0.2, 0) is 12.1 Å². The van der Waals surface area contributed by atoms with Crippen LogP contribution in [0.4, 0.5) is 11.4 Å². The Labute approximate surface area is 159 Å². The van der Waals surface area contributed by atoms with Crippen LogP contribution in [-0.4, -0.2) is 30.9 Å². The number of hydrogen-bond donors (Lipinski definition) is 3. The molecule has 3 aromatic heterocycles. The zero-order valence-corrected chi connectivity index (χ0v) is 15.4. The van der Waals surface area contributed by atoms with Crippen molar-refractivity contribution in [3.63, 3.8) is 0 Å². The smallest absolute Gasteiger partial charge is 0.277 e. The summed E-state index contributed by atoms with van der Waals surface area (Å²) in [7, 11) is 0. The first kappa shape index (κ1) is 15.8. The van der Waals surface area contributed by atoms with Gasteiger partial charge in [0.2, 0.25) is 5.65 Å². The van der Waals surface area contributed by atoms with Crippen molar-refractivity contribution in [1.82, 2.24) is 30.3 Å². The third-order valence-corrected chi connectivity index (χ3v) is 6.47. The number of rotatable bonds is 0. The van der Waals surface area contributed by atoms with Gasteiger partial charge in [0, 0.05) is 18.2 Å². The molecule has 0 radical (unpaired) electrons. The Morgan fingerprint density at radius 2 is 1.93 bits per heavy atom. The third kappa shape index (κ3) is 1.83. The lowest BCUT2D eigenvalue weighted by Gasteiger charge is -2.36. The first-order valence-electron chi connectivity index (χ1n) is 9.66. The summed E-state index contributed by atoms with van der Waals surface area (Å²) >= 11 is 0. The minimum absolute atomic E-state index is 0.143. The highest BCUT2D eigenvalue weighted by atomic mass is 16.2. The van der Waals surface area contributed by atoms with E-state index in [0.29, 0.717) is 29.0 Å². The summed E-state index contributed by atoms with van der Waals surface area (Å²) in [6, 6.07) is 0. The van der Waals surface area contributed by atoms with Crippen molar-refractivity contribution in [2.75, 3.05) is 5.32 Å². The molecule has 1 spiro atoms. The molecule has 28 heavy (non-hydrogen) atoms. The molecule has 0 bridgehead atoms. The van der Waals surface area contributed by atoms with Crippen molar-refractivity contribution in [1.29, 1.82) is 0 Å². The largest absolute Gasteiger partial charge is 0.349 e. The minimum atomic E-state index is -0.592. The maximum atomic E-state index is 13.6.